The van der Waals surface area contributed by atoms with Crippen molar-refractivity contribution in [2.24, 2.45) is 0 Å². The molecule has 0 aromatic heterocycles. The number of nitrogens with one attached hydrogen (secondary N) is 1. The molecule has 2 aromatic carbocycles. The third-order valence-electron chi connectivity index (χ3n) is 6.67. The molecule has 0 spiro atoms. The number of sulfonamides is 1. The highest BCUT2D eigenvalue weighted by Gasteiger charge is 2.40. The number of nitrogens with zero attached hydrogens (tertiary/aromatic N) is 1. The van der Waals surface area contributed by atoms with Crippen LogP contribution in [0.15, 0.2) is 42.5 Å². The van der Waals surface area contributed by atoms with E-state index in [1.165, 1.54) is 28.8 Å². The SMILES string of the molecule is CC(C)(C)c1cccc(C2(NCC(O)CCc3c(F)cccc3F)CCCN(S(C)(=O)=O)C2)c1. The van der Waals surface area contributed by atoms with E-state index < -0.39 is 33.3 Å². The van der Waals surface area contributed by atoms with E-state index in [2.05, 4.69) is 38.2 Å². The Morgan fingerprint density at radius 2 is 1.79 bits per heavy atom. The van der Waals surface area contributed by atoms with E-state index >= 15 is 0 Å². The number of aliphatic hydroxyl groups is 1. The van der Waals surface area contributed by atoms with Gasteiger partial charge in [-0.05, 0) is 54.4 Å². The minimum atomic E-state index is -3.39. The monoisotopic (exact) mass is 494 g/mol. The molecule has 0 bridgehead atoms. The van der Waals surface area contributed by atoms with Crippen molar-refractivity contribution >= 4 is 10.0 Å². The maximum absolute atomic E-state index is 13.9. The summed E-state index contributed by atoms with van der Waals surface area (Å²) in [6, 6.07) is 11.9. The maximum atomic E-state index is 13.9. The molecule has 188 valence electrons. The molecule has 1 aliphatic rings. The minimum Gasteiger partial charge on any atom is -0.392 e. The van der Waals surface area contributed by atoms with Crippen molar-refractivity contribution in [3.63, 3.8) is 0 Å². The molecule has 0 amide bonds. The summed E-state index contributed by atoms with van der Waals surface area (Å²) in [5, 5.41) is 14.1. The van der Waals surface area contributed by atoms with E-state index in [1.54, 1.807) is 0 Å². The Morgan fingerprint density at radius 3 is 2.41 bits per heavy atom. The van der Waals surface area contributed by atoms with Gasteiger partial charge in [0, 0.05) is 25.2 Å². The second-order valence-electron chi connectivity index (χ2n) is 10.4. The van der Waals surface area contributed by atoms with E-state index in [1.807, 2.05) is 12.1 Å². The van der Waals surface area contributed by atoms with Crippen LogP contribution in [0.1, 0.15) is 56.7 Å². The molecule has 1 saturated heterocycles. The fraction of sp³-hybridized carbons (Fsp3) is 0.538. The zero-order valence-corrected chi connectivity index (χ0v) is 21.3. The predicted molar refractivity (Wildman–Crippen MR) is 131 cm³/mol. The lowest BCUT2D eigenvalue weighted by atomic mass is 9.79. The fourth-order valence-corrected chi connectivity index (χ4v) is 5.48. The minimum absolute atomic E-state index is 0.0324. The zero-order valence-electron chi connectivity index (χ0n) is 20.4. The van der Waals surface area contributed by atoms with E-state index in [0.717, 1.165) is 11.1 Å². The van der Waals surface area contributed by atoms with Crippen molar-refractivity contribution in [2.75, 3.05) is 25.9 Å². The van der Waals surface area contributed by atoms with Crippen LogP contribution in [0.5, 0.6) is 0 Å². The van der Waals surface area contributed by atoms with Crippen LogP contribution in [0.3, 0.4) is 0 Å². The van der Waals surface area contributed by atoms with E-state index in [4.69, 9.17) is 0 Å². The molecule has 0 radical (unpaired) electrons. The summed E-state index contributed by atoms with van der Waals surface area (Å²) in [4.78, 5) is 0. The summed E-state index contributed by atoms with van der Waals surface area (Å²) in [7, 11) is -3.39. The van der Waals surface area contributed by atoms with Gasteiger partial charge in [-0.3, -0.25) is 0 Å². The smallest absolute Gasteiger partial charge is 0.211 e. The first kappa shape index (κ1) is 26.7. The first-order valence-electron chi connectivity index (χ1n) is 11.7. The average molecular weight is 495 g/mol. The largest absolute Gasteiger partial charge is 0.392 e. The second kappa shape index (κ2) is 10.4. The molecular weight excluding hydrogens is 458 g/mol. The van der Waals surface area contributed by atoms with Crippen LogP contribution >= 0.6 is 0 Å². The van der Waals surface area contributed by atoms with Crippen LogP contribution in [0.4, 0.5) is 8.78 Å². The maximum Gasteiger partial charge on any atom is 0.211 e. The highest BCUT2D eigenvalue weighted by Crippen LogP contribution is 2.35. The van der Waals surface area contributed by atoms with Crippen LogP contribution in [0.2, 0.25) is 0 Å². The van der Waals surface area contributed by atoms with Gasteiger partial charge in [-0.15, -0.1) is 0 Å². The van der Waals surface area contributed by atoms with E-state index in [9.17, 15) is 22.3 Å². The van der Waals surface area contributed by atoms with Crippen molar-refractivity contribution in [3.05, 3.63) is 70.8 Å². The summed E-state index contributed by atoms with van der Waals surface area (Å²) in [5.41, 5.74) is 1.33. The zero-order chi connectivity index (χ0) is 25.1. The van der Waals surface area contributed by atoms with Gasteiger partial charge in [0.15, 0.2) is 0 Å². The number of halogens is 2. The predicted octanol–water partition coefficient (Wildman–Crippen LogP) is 4.10. The molecule has 0 saturated carbocycles. The quantitative estimate of drug-likeness (QED) is 0.580. The molecule has 2 N–H and O–H groups in total. The highest BCUT2D eigenvalue weighted by atomic mass is 32.2. The summed E-state index contributed by atoms with van der Waals surface area (Å²) in [6.07, 6.45) is 2.00. The second-order valence-corrected chi connectivity index (χ2v) is 12.4. The number of piperidine rings is 1. The van der Waals surface area contributed by atoms with Crippen molar-refractivity contribution < 1.29 is 22.3 Å². The van der Waals surface area contributed by atoms with Crippen molar-refractivity contribution in [2.45, 2.75) is 63.5 Å². The van der Waals surface area contributed by atoms with Crippen LogP contribution in [-0.4, -0.2) is 49.8 Å². The Kier molecular flexibility index (Phi) is 8.18. The van der Waals surface area contributed by atoms with Crippen LogP contribution in [0, 0.1) is 11.6 Å². The molecule has 3 rings (SSSR count). The van der Waals surface area contributed by atoms with Crippen molar-refractivity contribution in [1.82, 2.24) is 9.62 Å². The lowest BCUT2D eigenvalue weighted by molar-refractivity contribution is 0.121. The Hall–Kier alpha value is -1.87. The molecular formula is C26H36F2N2O3S. The Morgan fingerprint density at radius 1 is 1.15 bits per heavy atom. The molecule has 1 fully saturated rings. The summed E-state index contributed by atoms with van der Waals surface area (Å²) < 4.78 is 54.1. The molecule has 1 heterocycles. The molecule has 34 heavy (non-hydrogen) atoms. The number of hydrogen-bond acceptors (Lipinski definition) is 4. The molecule has 2 atom stereocenters. The van der Waals surface area contributed by atoms with E-state index in [0.29, 0.717) is 19.4 Å². The van der Waals surface area contributed by atoms with Gasteiger partial charge in [0.1, 0.15) is 11.6 Å². The first-order valence-corrected chi connectivity index (χ1v) is 13.6. The summed E-state index contributed by atoms with van der Waals surface area (Å²) in [5.74, 6) is -1.24. The molecule has 0 aliphatic carbocycles. The molecule has 5 nitrogen and oxygen atoms in total. The first-order chi connectivity index (χ1) is 15.8. The molecule has 2 unspecified atom stereocenters. The standard InChI is InChI=1S/C26H36F2N2O3S/c1-25(2,3)19-8-5-9-20(16-19)26(14-7-15-30(18-26)34(4,32)33)29-17-21(31)12-13-22-23(27)10-6-11-24(22)28/h5-6,8-11,16,21,29,31H,7,12-15,17-18H2,1-4H3. The van der Waals surface area contributed by atoms with Gasteiger partial charge >= 0.3 is 0 Å². The van der Waals surface area contributed by atoms with Crippen LogP contribution in [-0.2, 0) is 27.4 Å². The number of hydrogen-bond donors (Lipinski definition) is 2. The van der Waals surface area contributed by atoms with Gasteiger partial charge in [0.25, 0.3) is 0 Å². The Labute approximate surface area is 202 Å². The third kappa shape index (κ3) is 6.42. The van der Waals surface area contributed by atoms with Gasteiger partial charge in [0.05, 0.1) is 17.9 Å². The molecule has 1 aliphatic heterocycles. The van der Waals surface area contributed by atoms with Gasteiger partial charge < -0.3 is 10.4 Å². The lowest BCUT2D eigenvalue weighted by Crippen LogP contribution is -2.57. The van der Waals surface area contributed by atoms with Crippen LogP contribution in [0.25, 0.3) is 0 Å². The number of benzene rings is 2. The van der Waals surface area contributed by atoms with Gasteiger partial charge in [-0.1, -0.05) is 51.1 Å². The van der Waals surface area contributed by atoms with Gasteiger partial charge in [0.2, 0.25) is 10.0 Å². The normalized spacial score (nSPS) is 20.9. The number of rotatable bonds is 8. The summed E-state index contributed by atoms with van der Waals surface area (Å²) >= 11 is 0. The van der Waals surface area contributed by atoms with Crippen molar-refractivity contribution in [3.8, 4) is 0 Å². The summed E-state index contributed by atoms with van der Waals surface area (Å²) in [6.45, 7) is 7.27. The molecule has 2 aromatic rings. The third-order valence-corrected chi connectivity index (χ3v) is 7.92. The Balaban J connectivity index is 1.82. The van der Waals surface area contributed by atoms with E-state index in [-0.39, 0.29) is 36.9 Å². The van der Waals surface area contributed by atoms with Crippen molar-refractivity contribution in [1.29, 1.82) is 0 Å². The Bertz CT molecular complexity index is 1080. The fourth-order valence-electron chi connectivity index (χ4n) is 4.56. The van der Waals surface area contributed by atoms with Crippen LogP contribution < -0.4 is 5.32 Å². The molecule has 8 heteroatoms. The lowest BCUT2D eigenvalue weighted by Gasteiger charge is -2.44. The van der Waals surface area contributed by atoms with Gasteiger partial charge in [-0.2, -0.15) is 4.31 Å². The topological polar surface area (TPSA) is 69.6 Å². The highest BCUT2D eigenvalue weighted by molar-refractivity contribution is 7.88. The average Bonchev–Trinajstić information content (AvgIpc) is 2.76. The van der Waals surface area contributed by atoms with Gasteiger partial charge in [-0.25, -0.2) is 17.2 Å². The number of aliphatic hydroxyl groups excluding tert-OH is 1.